The Hall–Kier alpha value is -0.410. The van der Waals surface area contributed by atoms with E-state index >= 15 is 0 Å². The van der Waals surface area contributed by atoms with Gasteiger partial charge in [-0.1, -0.05) is 32.2 Å². The molecule has 0 spiro atoms. The first-order valence-electron chi connectivity index (χ1n) is 4.95. The molecule has 0 amide bonds. The molecule has 1 nitrogen and oxygen atoms in total. The SMILES string of the molecule is C=C1C=C(C(C)C)S/C1=N/C(C)=C(\C)S. The smallest absolute Gasteiger partial charge is 0.107 e. The fourth-order valence-electron chi connectivity index (χ4n) is 1.05. The maximum Gasteiger partial charge on any atom is 0.107 e. The largest absolute Gasteiger partial charge is 0.245 e. The molecule has 0 saturated carbocycles. The second-order valence-electron chi connectivity index (χ2n) is 3.92. The highest BCUT2D eigenvalue weighted by molar-refractivity contribution is 8.18. The Balaban J connectivity index is 2.89. The summed E-state index contributed by atoms with van der Waals surface area (Å²) in [5, 5.41) is 1.00. The summed E-state index contributed by atoms with van der Waals surface area (Å²) in [6.45, 7) is 12.3. The number of hydrogen-bond donors (Lipinski definition) is 1. The van der Waals surface area contributed by atoms with Crippen LogP contribution in [0.3, 0.4) is 0 Å². The van der Waals surface area contributed by atoms with Gasteiger partial charge in [-0.25, -0.2) is 4.99 Å². The van der Waals surface area contributed by atoms with Gasteiger partial charge in [-0.15, -0.1) is 12.6 Å². The maximum absolute atomic E-state index is 4.52. The van der Waals surface area contributed by atoms with Crippen molar-refractivity contribution in [3.8, 4) is 0 Å². The Morgan fingerprint density at radius 1 is 1.47 bits per heavy atom. The van der Waals surface area contributed by atoms with Gasteiger partial charge in [0.25, 0.3) is 0 Å². The van der Waals surface area contributed by atoms with Crippen molar-refractivity contribution < 1.29 is 0 Å². The molecule has 1 aliphatic heterocycles. The lowest BCUT2D eigenvalue weighted by atomic mass is 10.1. The van der Waals surface area contributed by atoms with E-state index in [-0.39, 0.29) is 0 Å². The minimum Gasteiger partial charge on any atom is -0.245 e. The third-order valence-corrected chi connectivity index (χ3v) is 3.86. The summed E-state index contributed by atoms with van der Waals surface area (Å²) in [4.78, 5) is 6.81. The molecule has 3 heteroatoms. The molecule has 15 heavy (non-hydrogen) atoms. The molecule has 0 radical (unpaired) electrons. The average molecular weight is 239 g/mol. The van der Waals surface area contributed by atoms with Gasteiger partial charge in [-0.3, -0.25) is 0 Å². The van der Waals surface area contributed by atoms with Crippen LogP contribution < -0.4 is 0 Å². The first-order valence-corrected chi connectivity index (χ1v) is 6.22. The van der Waals surface area contributed by atoms with Gasteiger partial charge in [0, 0.05) is 11.3 Å². The minimum atomic E-state index is 0.542. The van der Waals surface area contributed by atoms with E-state index in [1.165, 1.54) is 4.91 Å². The highest BCUT2D eigenvalue weighted by Crippen LogP contribution is 2.36. The minimum absolute atomic E-state index is 0.542. The zero-order chi connectivity index (χ0) is 11.6. The lowest BCUT2D eigenvalue weighted by molar-refractivity contribution is 0.818. The molecule has 0 bridgehead atoms. The molecule has 0 aromatic carbocycles. The molecule has 82 valence electrons. The Morgan fingerprint density at radius 3 is 2.47 bits per heavy atom. The molecular formula is C12H17NS2. The Bertz CT molecular complexity index is 369. The van der Waals surface area contributed by atoms with E-state index in [9.17, 15) is 0 Å². The van der Waals surface area contributed by atoms with Gasteiger partial charge in [-0.2, -0.15) is 0 Å². The van der Waals surface area contributed by atoms with E-state index in [0.29, 0.717) is 5.92 Å². The maximum atomic E-state index is 4.52. The molecule has 0 aliphatic carbocycles. The fraction of sp³-hybridized carbons (Fsp3) is 0.417. The summed E-state index contributed by atoms with van der Waals surface area (Å²) in [5.74, 6) is 0.542. The monoisotopic (exact) mass is 239 g/mol. The Morgan fingerprint density at radius 2 is 2.07 bits per heavy atom. The molecule has 0 fully saturated rings. The van der Waals surface area contributed by atoms with Gasteiger partial charge in [0.1, 0.15) is 5.04 Å². The lowest BCUT2D eigenvalue weighted by Gasteiger charge is -2.04. The third kappa shape index (κ3) is 3.28. The van der Waals surface area contributed by atoms with Crippen LogP contribution in [0.1, 0.15) is 27.7 Å². The van der Waals surface area contributed by atoms with E-state index in [1.807, 2.05) is 13.8 Å². The van der Waals surface area contributed by atoms with Crippen molar-refractivity contribution in [1.82, 2.24) is 0 Å². The van der Waals surface area contributed by atoms with Gasteiger partial charge >= 0.3 is 0 Å². The van der Waals surface area contributed by atoms with Gasteiger partial charge in [0.15, 0.2) is 0 Å². The zero-order valence-corrected chi connectivity index (χ0v) is 11.4. The number of hydrogen-bond acceptors (Lipinski definition) is 3. The van der Waals surface area contributed by atoms with E-state index in [4.69, 9.17) is 0 Å². The summed E-state index contributed by atoms with van der Waals surface area (Å²) >= 11 is 5.99. The summed E-state index contributed by atoms with van der Waals surface area (Å²) in [5.41, 5.74) is 1.97. The zero-order valence-electron chi connectivity index (χ0n) is 9.66. The number of thiol groups is 1. The predicted octanol–water partition coefficient (Wildman–Crippen LogP) is 4.41. The highest BCUT2D eigenvalue weighted by Gasteiger charge is 2.18. The third-order valence-electron chi connectivity index (χ3n) is 2.17. The van der Waals surface area contributed by atoms with Crippen molar-refractivity contribution in [2.24, 2.45) is 10.9 Å². The van der Waals surface area contributed by atoms with Crippen molar-refractivity contribution in [3.63, 3.8) is 0 Å². The summed E-state index contributed by atoms with van der Waals surface area (Å²) in [7, 11) is 0. The van der Waals surface area contributed by atoms with Crippen LogP contribution in [-0.4, -0.2) is 5.04 Å². The summed E-state index contributed by atoms with van der Waals surface area (Å²) in [6, 6.07) is 0. The van der Waals surface area contributed by atoms with Crippen LogP contribution >= 0.6 is 24.4 Å². The number of aliphatic imine (C=N–C) groups is 1. The van der Waals surface area contributed by atoms with Crippen molar-refractivity contribution in [2.75, 3.05) is 0 Å². The topological polar surface area (TPSA) is 12.4 Å². The lowest BCUT2D eigenvalue weighted by Crippen LogP contribution is -1.90. The Labute approximate surface area is 102 Å². The number of rotatable bonds is 2. The van der Waals surface area contributed by atoms with Crippen LogP contribution in [0, 0.1) is 5.92 Å². The second kappa shape index (κ2) is 5.08. The first kappa shape index (κ1) is 12.7. The van der Waals surface area contributed by atoms with Crippen molar-refractivity contribution in [2.45, 2.75) is 27.7 Å². The van der Waals surface area contributed by atoms with Crippen molar-refractivity contribution in [1.29, 1.82) is 0 Å². The van der Waals surface area contributed by atoms with E-state index in [2.05, 4.69) is 44.1 Å². The fourth-order valence-corrected chi connectivity index (χ4v) is 2.14. The van der Waals surface area contributed by atoms with Gasteiger partial charge in [-0.05, 0) is 35.7 Å². The van der Waals surface area contributed by atoms with Crippen molar-refractivity contribution in [3.05, 3.63) is 33.7 Å². The Kier molecular flexibility index (Phi) is 4.29. The van der Waals surface area contributed by atoms with Crippen LogP contribution in [-0.2, 0) is 0 Å². The predicted molar refractivity (Wildman–Crippen MR) is 74.4 cm³/mol. The standard InChI is InChI=1S/C12H17NS2/c1-7(2)11-6-8(3)12(15-11)13-9(4)10(5)14/h6-7,14H,3H2,1-2,4-5H3/b10-9+,13-12+. The first-order chi connectivity index (χ1) is 6.91. The van der Waals surface area contributed by atoms with Crippen LogP contribution in [0.4, 0.5) is 0 Å². The second-order valence-corrected chi connectivity index (χ2v) is 5.65. The van der Waals surface area contributed by atoms with Crippen LogP contribution in [0.25, 0.3) is 0 Å². The molecule has 0 atom stereocenters. The molecule has 1 aliphatic rings. The molecule has 0 saturated heterocycles. The van der Waals surface area contributed by atoms with E-state index in [1.54, 1.807) is 11.8 Å². The molecular weight excluding hydrogens is 222 g/mol. The molecule has 1 rings (SSSR count). The van der Waals surface area contributed by atoms with Gasteiger partial charge < -0.3 is 0 Å². The quantitative estimate of drug-likeness (QED) is 0.704. The highest BCUT2D eigenvalue weighted by atomic mass is 32.2. The van der Waals surface area contributed by atoms with Gasteiger partial charge in [0.05, 0.1) is 0 Å². The molecule has 0 unspecified atom stereocenters. The number of nitrogens with zero attached hydrogens (tertiary/aromatic N) is 1. The number of allylic oxidation sites excluding steroid dienone is 4. The van der Waals surface area contributed by atoms with Crippen LogP contribution in [0.5, 0.6) is 0 Å². The van der Waals surface area contributed by atoms with Crippen LogP contribution in [0.15, 0.2) is 38.7 Å². The molecule has 0 aromatic heterocycles. The molecule has 0 aromatic rings. The molecule has 0 N–H and O–H groups in total. The normalized spacial score (nSPS) is 21.1. The summed E-state index contributed by atoms with van der Waals surface area (Å²) < 4.78 is 0. The van der Waals surface area contributed by atoms with E-state index < -0.39 is 0 Å². The van der Waals surface area contributed by atoms with Crippen LogP contribution in [0.2, 0.25) is 0 Å². The summed E-state index contributed by atoms with van der Waals surface area (Å²) in [6.07, 6.45) is 2.12. The van der Waals surface area contributed by atoms with E-state index in [0.717, 1.165) is 21.2 Å². The molecule has 1 heterocycles. The average Bonchev–Trinajstić information content (AvgIpc) is 2.47. The van der Waals surface area contributed by atoms with Crippen molar-refractivity contribution >= 4 is 29.4 Å². The number of thioether (sulfide) groups is 1. The van der Waals surface area contributed by atoms with Gasteiger partial charge in [0.2, 0.25) is 0 Å².